The summed E-state index contributed by atoms with van der Waals surface area (Å²) in [4.78, 5) is 23.4. The zero-order valence-electron chi connectivity index (χ0n) is 18.0. The van der Waals surface area contributed by atoms with Gasteiger partial charge < -0.3 is 15.7 Å². The number of rotatable bonds is 7. The first-order chi connectivity index (χ1) is 16.0. The summed E-state index contributed by atoms with van der Waals surface area (Å²) in [5.74, 6) is -0.332. The Balaban J connectivity index is 1.55. The Labute approximate surface area is 196 Å². The zero-order valence-corrected chi connectivity index (χ0v) is 18.8. The summed E-state index contributed by atoms with van der Waals surface area (Å²) in [6, 6.07) is 7.69. The standard InChI is InChI=1S/C24H25ClFN5O2/c25-19-12-17(6-7-20(19)26)29-24-18-13-21(16(14-32)11-22(18)27-15-28-24)30-23(33)5-4-10-31-8-2-1-3-9-31/h4-7,11-13,15,32H,1-3,8-10,14H2,(H,30,33)(H,27,28,29). The van der Waals surface area contributed by atoms with Crippen molar-refractivity contribution in [1.29, 1.82) is 0 Å². The van der Waals surface area contributed by atoms with Crippen LogP contribution in [0.25, 0.3) is 10.9 Å². The molecule has 2 heterocycles. The lowest BCUT2D eigenvalue weighted by Gasteiger charge is -2.24. The molecule has 7 nitrogen and oxygen atoms in total. The van der Waals surface area contributed by atoms with E-state index in [9.17, 15) is 14.3 Å². The molecule has 2 aromatic carbocycles. The topological polar surface area (TPSA) is 90.4 Å². The van der Waals surface area contributed by atoms with Crippen molar-refractivity contribution in [2.75, 3.05) is 30.3 Å². The van der Waals surface area contributed by atoms with Crippen molar-refractivity contribution in [3.8, 4) is 0 Å². The third kappa shape index (κ3) is 5.84. The van der Waals surface area contributed by atoms with Gasteiger partial charge in [0.2, 0.25) is 5.91 Å². The number of anilines is 3. The van der Waals surface area contributed by atoms with Gasteiger partial charge in [-0.25, -0.2) is 14.4 Å². The molecule has 0 bridgehead atoms. The van der Waals surface area contributed by atoms with Crippen molar-refractivity contribution in [1.82, 2.24) is 14.9 Å². The average Bonchev–Trinajstić information content (AvgIpc) is 2.82. The second kappa shape index (κ2) is 10.7. The second-order valence-electron chi connectivity index (χ2n) is 7.91. The third-order valence-corrected chi connectivity index (χ3v) is 5.84. The summed E-state index contributed by atoms with van der Waals surface area (Å²) in [6.45, 7) is 2.59. The molecular formula is C24H25ClFN5O2. The molecule has 9 heteroatoms. The smallest absolute Gasteiger partial charge is 0.248 e. The van der Waals surface area contributed by atoms with Gasteiger partial charge in [0.25, 0.3) is 0 Å². The summed E-state index contributed by atoms with van der Waals surface area (Å²) in [5, 5.41) is 16.4. The lowest BCUT2D eigenvalue weighted by atomic mass is 10.1. The average molecular weight is 470 g/mol. The van der Waals surface area contributed by atoms with Gasteiger partial charge in [-0.05, 0) is 56.3 Å². The van der Waals surface area contributed by atoms with Crippen LogP contribution in [0.1, 0.15) is 24.8 Å². The number of nitrogens with one attached hydrogen (secondary N) is 2. The quantitative estimate of drug-likeness (QED) is 0.437. The Morgan fingerprint density at radius 3 is 2.76 bits per heavy atom. The molecule has 4 rings (SSSR count). The molecule has 172 valence electrons. The Kier molecular flexibility index (Phi) is 7.49. The number of nitrogens with zero attached hydrogens (tertiary/aromatic N) is 3. The molecule has 1 fully saturated rings. The first kappa shape index (κ1) is 23.1. The van der Waals surface area contributed by atoms with Crippen molar-refractivity contribution in [2.24, 2.45) is 0 Å². The minimum absolute atomic E-state index is 0.00905. The Bertz CT molecular complexity index is 1180. The van der Waals surface area contributed by atoms with Crippen LogP contribution < -0.4 is 10.6 Å². The van der Waals surface area contributed by atoms with E-state index < -0.39 is 5.82 Å². The van der Waals surface area contributed by atoms with Crippen LogP contribution in [0.5, 0.6) is 0 Å². The molecule has 1 saturated heterocycles. The molecule has 3 N–H and O–H groups in total. The van der Waals surface area contributed by atoms with E-state index in [0.717, 1.165) is 19.6 Å². The molecule has 0 unspecified atom stereocenters. The van der Waals surface area contributed by atoms with Gasteiger partial charge in [-0.15, -0.1) is 0 Å². The van der Waals surface area contributed by atoms with E-state index in [0.29, 0.717) is 33.7 Å². The van der Waals surface area contributed by atoms with E-state index >= 15 is 0 Å². The van der Waals surface area contributed by atoms with Crippen LogP contribution in [-0.2, 0) is 11.4 Å². The summed E-state index contributed by atoms with van der Waals surface area (Å²) >= 11 is 5.88. The number of amides is 1. The number of hydrogen-bond acceptors (Lipinski definition) is 6. The molecule has 0 atom stereocenters. The van der Waals surface area contributed by atoms with Gasteiger partial charge in [-0.3, -0.25) is 9.69 Å². The van der Waals surface area contributed by atoms with Gasteiger partial charge in [0, 0.05) is 34.9 Å². The first-order valence-electron chi connectivity index (χ1n) is 10.8. The fraction of sp³-hybridized carbons (Fsp3) is 0.292. The molecule has 33 heavy (non-hydrogen) atoms. The predicted octanol–water partition coefficient (Wildman–Crippen LogP) is 4.64. The minimum atomic E-state index is -0.513. The fourth-order valence-electron chi connectivity index (χ4n) is 3.83. The Morgan fingerprint density at radius 1 is 1.18 bits per heavy atom. The van der Waals surface area contributed by atoms with Crippen LogP contribution in [0.2, 0.25) is 5.02 Å². The molecule has 0 spiro atoms. The summed E-state index contributed by atoms with van der Waals surface area (Å²) in [7, 11) is 0. The molecule has 0 saturated carbocycles. The highest BCUT2D eigenvalue weighted by molar-refractivity contribution is 6.31. The number of hydrogen-bond donors (Lipinski definition) is 3. The maximum Gasteiger partial charge on any atom is 0.248 e. The van der Waals surface area contributed by atoms with E-state index in [1.54, 1.807) is 18.2 Å². The SMILES string of the molecule is O=C(C=CCN1CCCCC1)Nc1cc2c(Nc3ccc(F)c(Cl)c3)ncnc2cc1CO. The highest BCUT2D eigenvalue weighted by Crippen LogP contribution is 2.30. The number of benzene rings is 2. The third-order valence-electron chi connectivity index (χ3n) is 5.55. The molecule has 0 radical (unpaired) electrons. The van der Waals surface area contributed by atoms with Crippen molar-refractivity contribution in [2.45, 2.75) is 25.9 Å². The highest BCUT2D eigenvalue weighted by atomic mass is 35.5. The molecule has 1 aromatic heterocycles. The number of carbonyl (C=O) groups is 1. The van der Waals surface area contributed by atoms with E-state index in [-0.39, 0.29) is 17.5 Å². The Morgan fingerprint density at radius 2 is 2.00 bits per heavy atom. The van der Waals surface area contributed by atoms with Crippen molar-refractivity contribution in [3.63, 3.8) is 0 Å². The van der Waals surface area contributed by atoms with Crippen molar-refractivity contribution >= 4 is 45.6 Å². The maximum absolute atomic E-state index is 13.5. The number of aliphatic hydroxyl groups excluding tert-OH is 1. The van der Waals surface area contributed by atoms with E-state index in [4.69, 9.17) is 11.6 Å². The molecule has 1 aliphatic rings. The van der Waals surface area contributed by atoms with Crippen LogP contribution in [0.15, 0.2) is 48.8 Å². The van der Waals surface area contributed by atoms with E-state index in [2.05, 4.69) is 25.5 Å². The van der Waals surface area contributed by atoms with Gasteiger partial charge in [0.05, 0.1) is 17.1 Å². The van der Waals surface area contributed by atoms with E-state index in [1.807, 2.05) is 6.08 Å². The lowest BCUT2D eigenvalue weighted by molar-refractivity contribution is -0.111. The maximum atomic E-state index is 13.5. The monoisotopic (exact) mass is 469 g/mol. The largest absolute Gasteiger partial charge is 0.392 e. The van der Waals surface area contributed by atoms with Crippen LogP contribution in [0, 0.1) is 5.82 Å². The van der Waals surface area contributed by atoms with Gasteiger partial charge in [0.1, 0.15) is 18.0 Å². The van der Waals surface area contributed by atoms with Crippen molar-refractivity contribution < 1.29 is 14.3 Å². The number of fused-ring (bicyclic) bond motifs is 1. The Hall–Kier alpha value is -3.07. The molecule has 3 aromatic rings. The minimum Gasteiger partial charge on any atom is -0.392 e. The molecule has 0 aliphatic carbocycles. The van der Waals surface area contributed by atoms with Gasteiger partial charge in [-0.1, -0.05) is 24.1 Å². The van der Waals surface area contributed by atoms with Crippen LogP contribution in [0.3, 0.4) is 0 Å². The van der Waals surface area contributed by atoms with Crippen LogP contribution in [0.4, 0.5) is 21.6 Å². The lowest BCUT2D eigenvalue weighted by Crippen LogP contribution is -2.29. The highest BCUT2D eigenvalue weighted by Gasteiger charge is 2.13. The summed E-state index contributed by atoms with van der Waals surface area (Å²) in [5.41, 5.74) is 2.14. The van der Waals surface area contributed by atoms with Gasteiger partial charge in [-0.2, -0.15) is 0 Å². The number of aliphatic hydroxyl groups is 1. The predicted molar refractivity (Wildman–Crippen MR) is 128 cm³/mol. The number of halogens is 2. The number of piperidine rings is 1. The second-order valence-corrected chi connectivity index (χ2v) is 8.32. The first-order valence-corrected chi connectivity index (χ1v) is 11.2. The zero-order chi connectivity index (χ0) is 23.2. The number of likely N-dealkylation sites (tertiary alicyclic amines) is 1. The van der Waals surface area contributed by atoms with Gasteiger partial charge >= 0.3 is 0 Å². The normalized spacial score (nSPS) is 14.6. The van der Waals surface area contributed by atoms with Crippen molar-refractivity contribution in [3.05, 3.63) is 65.2 Å². The fourth-order valence-corrected chi connectivity index (χ4v) is 4.01. The van der Waals surface area contributed by atoms with Crippen LogP contribution in [-0.4, -0.2) is 45.5 Å². The number of aromatic nitrogens is 2. The molecular weight excluding hydrogens is 445 g/mol. The summed E-state index contributed by atoms with van der Waals surface area (Å²) in [6.07, 6.45) is 8.41. The summed E-state index contributed by atoms with van der Waals surface area (Å²) < 4.78 is 13.5. The van der Waals surface area contributed by atoms with E-state index in [1.165, 1.54) is 43.8 Å². The number of carbonyl (C=O) groups excluding carboxylic acids is 1. The molecule has 1 amide bonds. The molecule has 1 aliphatic heterocycles. The van der Waals surface area contributed by atoms with Crippen LogP contribution >= 0.6 is 11.6 Å². The van der Waals surface area contributed by atoms with Gasteiger partial charge in [0.15, 0.2) is 0 Å².